The van der Waals surface area contributed by atoms with E-state index in [1.807, 2.05) is 13.8 Å². The number of hydrogen-bond donors (Lipinski definition) is 2. The van der Waals surface area contributed by atoms with Gasteiger partial charge in [0.25, 0.3) is 15.9 Å². The van der Waals surface area contributed by atoms with Crippen LogP contribution in [0.3, 0.4) is 0 Å². The van der Waals surface area contributed by atoms with Crippen molar-refractivity contribution in [2.24, 2.45) is 0 Å². The number of hydrogen-bond acceptors (Lipinski definition) is 6. The molecule has 1 heterocycles. The monoisotopic (exact) mass is 489 g/mol. The van der Waals surface area contributed by atoms with Crippen molar-refractivity contribution >= 4 is 22.0 Å². The standard InChI is InChI=1S/C22H29N5O4S.C2H6/c1-16-14-25-20(15-24-16)21(28)23-13-12-17-8-10-19(11-9-17)32(30,31)27(2)22(29)26-18-6-4-3-5-7-18;1-2/h8-11,14-15,18H,3-7,12-13H2,1-2H3,(H,23,28)(H,26,29);1-2H3. The summed E-state index contributed by atoms with van der Waals surface area (Å²) in [6.45, 7) is 6.16. The summed E-state index contributed by atoms with van der Waals surface area (Å²) in [5.74, 6) is -0.317. The SMILES string of the molecule is CC.Cc1cnc(C(=O)NCCc2ccc(S(=O)(=O)N(C)C(=O)NC3CCCCC3)cc2)cn1. The molecule has 1 fully saturated rings. The second kappa shape index (κ2) is 13.0. The molecule has 1 aromatic heterocycles. The van der Waals surface area contributed by atoms with Gasteiger partial charge >= 0.3 is 6.03 Å². The van der Waals surface area contributed by atoms with E-state index in [0.717, 1.165) is 47.7 Å². The number of aryl methyl sites for hydroxylation is 1. The van der Waals surface area contributed by atoms with E-state index in [-0.39, 0.29) is 22.5 Å². The number of carbonyl (C=O) groups is 2. The summed E-state index contributed by atoms with van der Waals surface area (Å²) < 4.78 is 26.4. The van der Waals surface area contributed by atoms with Crippen LogP contribution in [-0.2, 0) is 16.4 Å². The largest absolute Gasteiger partial charge is 0.350 e. The van der Waals surface area contributed by atoms with Crippen molar-refractivity contribution in [3.05, 3.63) is 53.6 Å². The molecule has 34 heavy (non-hydrogen) atoms. The van der Waals surface area contributed by atoms with Crippen molar-refractivity contribution < 1.29 is 18.0 Å². The Morgan fingerprint density at radius 1 is 1.03 bits per heavy atom. The highest BCUT2D eigenvalue weighted by atomic mass is 32.2. The van der Waals surface area contributed by atoms with E-state index in [9.17, 15) is 18.0 Å². The van der Waals surface area contributed by atoms with Crippen LogP contribution < -0.4 is 10.6 Å². The zero-order chi connectivity index (χ0) is 25.1. The van der Waals surface area contributed by atoms with E-state index >= 15 is 0 Å². The van der Waals surface area contributed by atoms with Crippen LogP contribution in [0, 0.1) is 6.92 Å². The first-order valence-electron chi connectivity index (χ1n) is 11.7. The van der Waals surface area contributed by atoms with E-state index in [4.69, 9.17) is 0 Å². The van der Waals surface area contributed by atoms with Gasteiger partial charge in [-0.3, -0.25) is 9.78 Å². The van der Waals surface area contributed by atoms with Gasteiger partial charge in [-0.2, -0.15) is 0 Å². The molecule has 1 aliphatic carbocycles. The molecule has 10 heteroatoms. The molecule has 2 aromatic rings. The fraction of sp³-hybridized carbons (Fsp3) is 0.500. The summed E-state index contributed by atoms with van der Waals surface area (Å²) in [6.07, 6.45) is 8.46. The van der Waals surface area contributed by atoms with Crippen molar-refractivity contribution in [3.8, 4) is 0 Å². The number of amides is 3. The molecule has 1 saturated carbocycles. The minimum atomic E-state index is -3.94. The van der Waals surface area contributed by atoms with Gasteiger partial charge in [0.05, 0.1) is 16.8 Å². The number of carbonyl (C=O) groups excluding carboxylic acids is 2. The lowest BCUT2D eigenvalue weighted by atomic mass is 9.96. The molecule has 1 aromatic carbocycles. The Morgan fingerprint density at radius 3 is 2.26 bits per heavy atom. The lowest BCUT2D eigenvalue weighted by Crippen LogP contribution is -2.46. The molecule has 186 valence electrons. The Labute approximate surface area is 202 Å². The van der Waals surface area contributed by atoms with Crippen molar-refractivity contribution in [2.75, 3.05) is 13.6 Å². The second-order valence-electron chi connectivity index (χ2n) is 7.95. The number of benzene rings is 1. The molecule has 0 bridgehead atoms. The van der Waals surface area contributed by atoms with Crippen molar-refractivity contribution in [3.63, 3.8) is 0 Å². The topological polar surface area (TPSA) is 121 Å². The van der Waals surface area contributed by atoms with Crippen molar-refractivity contribution in [1.29, 1.82) is 0 Å². The Hall–Kier alpha value is -3.01. The van der Waals surface area contributed by atoms with E-state index in [2.05, 4.69) is 20.6 Å². The second-order valence-corrected chi connectivity index (χ2v) is 9.92. The fourth-order valence-electron chi connectivity index (χ4n) is 3.53. The summed E-state index contributed by atoms with van der Waals surface area (Å²) in [4.78, 5) is 32.6. The van der Waals surface area contributed by atoms with E-state index < -0.39 is 16.1 Å². The van der Waals surface area contributed by atoms with Gasteiger partial charge in [0, 0.05) is 25.8 Å². The van der Waals surface area contributed by atoms with Crippen molar-refractivity contribution in [1.82, 2.24) is 24.9 Å². The van der Waals surface area contributed by atoms with Crippen LogP contribution in [0.5, 0.6) is 0 Å². The van der Waals surface area contributed by atoms with Crippen LogP contribution in [0.4, 0.5) is 4.79 Å². The van der Waals surface area contributed by atoms with Gasteiger partial charge in [-0.25, -0.2) is 22.5 Å². The predicted molar refractivity (Wildman–Crippen MR) is 131 cm³/mol. The summed E-state index contributed by atoms with van der Waals surface area (Å²) in [7, 11) is -2.67. The Balaban J connectivity index is 0.00000199. The number of rotatable bonds is 7. The van der Waals surface area contributed by atoms with Gasteiger partial charge in [-0.05, 0) is 43.9 Å². The van der Waals surface area contributed by atoms with E-state index in [1.54, 1.807) is 19.1 Å². The average Bonchev–Trinajstić information content (AvgIpc) is 2.86. The van der Waals surface area contributed by atoms with Gasteiger partial charge in [0.15, 0.2) is 0 Å². The Kier molecular flexibility index (Phi) is 10.4. The van der Waals surface area contributed by atoms with Crippen LogP contribution in [0.25, 0.3) is 0 Å². The fourth-order valence-corrected chi connectivity index (χ4v) is 4.60. The summed E-state index contributed by atoms with van der Waals surface area (Å²) >= 11 is 0. The molecule has 3 amide bonds. The summed E-state index contributed by atoms with van der Waals surface area (Å²) in [6, 6.07) is 5.72. The minimum absolute atomic E-state index is 0.0253. The van der Waals surface area contributed by atoms with Crippen LogP contribution in [-0.4, -0.2) is 54.3 Å². The lowest BCUT2D eigenvalue weighted by Gasteiger charge is -2.26. The quantitative estimate of drug-likeness (QED) is 0.614. The van der Waals surface area contributed by atoms with Crippen LogP contribution in [0.15, 0.2) is 41.6 Å². The molecular formula is C24H35N5O4S. The highest BCUT2D eigenvalue weighted by Crippen LogP contribution is 2.19. The number of urea groups is 1. The first-order chi connectivity index (χ1) is 16.3. The molecule has 0 spiro atoms. The third-order valence-electron chi connectivity index (χ3n) is 5.51. The average molecular weight is 490 g/mol. The smallest absolute Gasteiger partial charge is 0.331 e. The van der Waals surface area contributed by atoms with Gasteiger partial charge in [0.2, 0.25) is 0 Å². The number of nitrogens with zero attached hydrogens (tertiary/aromatic N) is 3. The van der Waals surface area contributed by atoms with Gasteiger partial charge in [0.1, 0.15) is 5.69 Å². The molecule has 2 N–H and O–H groups in total. The molecule has 1 aliphatic rings. The van der Waals surface area contributed by atoms with Gasteiger partial charge in [-0.1, -0.05) is 45.2 Å². The minimum Gasteiger partial charge on any atom is -0.350 e. The first-order valence-corrected chi connectivity index (χ1v) is 13.2. The Morgan fingerprint density at radius 2 is 1.68 bits per heavy atom. The molecule has 0 aliphatic heterocycles. The molecule has 0 unspecified atom stereocenters. The third-order valence-corrected chi connectivity index (χ3v) is 7.27. The van der Waals surface area contributed by atoms with Gasteiger partial charge < -0.3 is 10.6 Å². The number of aromatic nitrogens is 2. The zero-order valence-corrected chi connectivity index (χ0v) is 21.2. The maximum absolute atomic E-state index is 12.8. The highest BCUT2D eigenvalue weighted by Gasteiger charge is 2.27. The van der Waals surface area contributed by atoms with Gasteiger partial charge in [-0.15, -0.1) is 0 Å². The number of sulfonamides is 1. The third kappa shape index (κ3) is 7.51. The molecule has 3 rings (SSSR count). The summed E-state index contributed by atoms with van der Waals surface area (Å²) in [5.41, 5.74) is 1.83. The highest BCUT2D eigenvalue weighted by molar-refractivity contribution is 7.89. The van der Waals surface area contributed by atoms with Crippen LogP contribution >= 0.6 is 0 Å². The number of nitrogens with one attached hydrogen (secondary N) is 2. The van der Waals surface area contributed by atoms with Crippen LogP contribution in [0.2, 0.25) is 0 Å². The van der Waals surface area contributed by atoms with Crippen LogP contribution in [0.1, 0.15) is 67.7 Å². The maximum Gasteiger partial charge on any atom is 0.331 e. The maximum atomic E-state index is 12.8. The molecule has 0 radical (unpaired) electrons. The predicted octanol–water partition coefficient (Wildman–Crippen LogP) is 3.45. The molecule has 9 nitrogen and oxygen atoms in total. The lowest BCUT2D eigenvalue weighted by molar-refractivity contribution is 0.0948. The van der Waals surface area contributed by atoms with E-state index in [0.29, 0.717) is 13.0 Å². The zero-order valence-electron chi connectivity index (χ0n) is 20.4. The molecule has 0 saturated heterocycles. The summed E-state index contributed by atoms with van der Waals surface area (Å²) in [5, 5.41) is 5.58. The van der Waals surface area contributed by atoms with Crippen molar-refractivity contribution in [2.45, 2.75) is 70.2 Å². The Bertz CT molecular complexity index is 1030. The molecular weight excluding hydrogens is 454 g/mol. The normalized spacial score (nSPS) is 13.9. The first kappa shape index (κ1) is 27.2. The van der Waals surface area contributed by atoms with E-state index in [1.165, 1.54) is 31.6 Å². The molecule has 0 atom stereocenters.